The van der Waals surface area contributed by atoms with Gasteiger partial charge in [0, 0.05) is 18.1 Å². The molecule has 0 saturated carbocycles. The molecule has 1 saturated heterocycles. The van der Waals surface area contributed by atoms with Gasteiger partial charge < -0.3 is 15.4 Å². The SMILES string of the molecule is COc1ccc(CCNC2CNC(C)(C)C2)cc1F. The first-order chi connectivity index (χ1) is 9.00. The molecule has 1 unspecified atom stereocenters. The lowest BCUT2D eigenvalue weighted by atomic mass is 10.0. The van der Waals surface area contributed by atoms with Gasteiger partial charge in [-0.15, -0.1) is 0 Å². The molecule has 1 aromatic rings. The van der Waals surface area contributed by atoms with E-state index in [1.165, 1.54) is 7.11 Å². The number of hydrogen-bond donors (Lipinski definition) is 2. The van der Waals surface area contributed by atoms with Gasteiger partial charge in [-0.05, 0) is 50.9 Å². The predicted octanol–water partition coefficient (Wildman–Crippen LogP) is 2.11. The van der Waals surface area contributed by atoms with Gasteiger partial charge in [-0.3, -0.25) is 0 Å². The first-order valence-corrected chi connectivity index (χ1v) is 6.81. The second-order valence-electron chi connectivity index (χ2n) is 5.84. The summed E-state index contributed by atoms with van der Waals surface area (Å²) in [5, 5.41) is 7.00. The molecule has 0 bridgehead atoms. The Kier molecular flexibility index (Phi) is 4.42. The molecule has 3 nitrogen and oxygen atoms in total. The maximum atomic E-state index is 13.5. The largest absolute Gasteiger partial charge is 0.494 e. The highest BCUT2D eigenvalue weighted by atomic mass is 19.1. The van der Waals surface area contributed by atoms with Crippen LogP contribution in [0.25, 0.3) is 0 Å². The van der Waals surface area contributed by atoms with Crippen molar-refractivity contribution in [3.8, 4) is 5.75 Å². The topological polar surface area (TPSA) is 33.3 Å². The van der Waals surface area contributed by atoms with Gasteiger partial charge in [0.15, 0.2) is 11.6 Å². The minimum absolute atomic E-state index is 0.226. The van der Waals surface area contributed by atoms with E-state index in [4.69, 9.17) is 4.74 Å². The standard InChI is InChI=1S/C15H23FN2O/c1-15(2)9-12(10-18-15)17-7-6-11-4-5-14(19-3)13(16)8-11/h4-5,8,12,17-18H,6-7,9-10H2,1-3H3. The zero-order valence-corrected chi connectivity index (χ0v) is 11.9. The third-order valence-electron chi connectivity index (χ3n) is 3.65. The fourth-order valence-corrected chi connectivity index (χ4v) is 2.59. The van der Waals surface area contributed by atoms with Gasteiger partial charge in [-0.2, -0.15) is 0 Å². The van der Waals surface area contributed by atoms with Gasteiger partial charge in [0.1, 0.15) is 0 Å². The Hall–Kier alpha value is -1.13. The molecule has 0 aliphatic carbocycles. The van der Waals surface area contributed by atoms with E-state index in [2.05, 4.69) is 24.5 Å². The summed E-state index contributed by atoms with van der Waals surface area (Å²) in [6.07, 6.45) is 1.96. The second kappa shape index (κ2) is 5.88. The fourth-order valence-electron chi connectivity index (χ4n) is 2.59. The Balaban J connectivity index is 1.78. The van der Waals surface area contributed by atoms with Crippen LogP contribution in [-0.2, 0) is 6.42 Å². The molecule has 2 N–H and O–H groups in total. The van der Waals surface area contributed by atoms with Crippen LogP contribution in [-0.4, -0.2) is 31.8 Å². The van der Waals surface area contributed by atoms with Crippen molar-refractivity contribution in [2.24, 2.45) is 0 Å². The lowest BCUT2D eigenvalue weighted by molar-refractivity contribution is 0.386. The van der Waals surface area contributed by atoms with Crippen LogP contribution in [0, 0.1) is 5.82 Å². The fraction of sp³-hybridized carbons (Fsp3) is 0.600. The van der Waals surface area contributed by atoms with Gasteiger partial charge in [-0.25, -0.2) is 4.39 Å². The van der Waals surface area contributed by atoms with Crippen LogP contribution in [0.3, 0.4) is 0 Å². The quantitative estimate of drug-likeness (QED) is 0.856. The van der Waals surface area contributed by atoms with E-state index in [1.807, 2.05) is 6.07 Å². The third-order valence-corrected chi connectivity index (χ3v) is 3.65. The summed E-state index contributed by atoms with van der Waals surface area (Å²) < 4.78 is 18.4. The van der Waals surface area contributed by atoms with E-state index in [0.717, 1.165) is 31.5 Å². The summed E-state index contributed by atoms with van der Waals surface area (Å²) in [5.41, 5.74) is 1.22. The highest BCUT2D eigenvalue weighted by Gasteiger charge is 2.29. The van der Waals surface area contributed by atoms with E-state index in [-0.39, 0.29) is 11.4 Å². The zero-order chi connectivity index (χ0) is 13.9. The molecule has 1 aliphatic rings. The van der Waals surface area contributed by atoms with Crippen molar-refractivity contribution in [1.29, 1.82) is 0 Å². The van der Waals surface area contributed by atoms with Crippen molar-refractivity contribution < 1.29 is 9.13 Å². The molecule has 4 heteroatoms. The van der Waals surface area contributed by atoms with Crippen molar-refractivity contribution in [1.82, 2.24) is 10.6 Å². The zero-order valence-electron chi connectivity index (χ0n) is 11.9. The van der Waals surface area contributed by atoms with E-state index >= 15 is 0 Å². The van der Waals surface area contributed by atoms with E-state index < -0.39 is 0 Å². The summed E-state index contributed by atoms with van der Waals surface area (Å²) >= 11 is 0. The molecule has 0 aromatic heterocycles. The Morgan fingerprint density at radius 3 is 2.84 bits per heavy atom. The Morgan fingerprint density at radius 1 is 1.47 bits per heavy atom. The minimum atomic E-state index is -0.288. The molecular formula is C15H23FN2O. The molecule has 1 fully saturated rings. The average molecular weight is 266 g/mol. The molecular weight excluding hydrogens is 243 g/mol. The lowest BCUT2D eigenvalue weighted by Gasteiger charge is -2.17. The van der Waals surface area contributed by atoms with Crippen LogP contribution in [0.2, 0.25) is 0 Å². The molecule has 1 aromatic carbocycles. The second-order valence-corrected chi connectivity index (χ2v) is 5.84. The molecule has 19 heavy (non-hydrogen) atoms. The normalized spacial score (nSPS) is 21.6. The molecule has 0 spiro atoms. The summed E-state index contributed by atoms with van der Waals surface area (Å²) in [6.45, 7) is 6.30. The Labute approximate surface area is 114 Å². The van der Waals surface area contributed by atoms with Crippen molar-refractivity contribution >= 4 is 0 Å². The van der Waals surface area contributed by atoms with Crippen LogP contribution in [0.15, 0.2) is 18.2 Å². The monoisotopic (exact) mass is 266 g/mol. The maximum Gasteiger partial charge on any atom is 0.165 e. The highest BCUT2D eigenvalue weighted by molar-refractivity contribution is 5.29. The lowest BCUT2D eigenvalue weighted by Crippen LogP contribution is -2.32. The van der Waals surface area contributed by atoms with E-state index in [9.17, 15) is 4.39 Å². The Bertz CT molecular complexity index is 434. The van der Waals surface area contributed by atoms with Crippen molar-refractivity contribution in [2.75, 3.05) is 20.2 Å². The average Bonchev–Trinajstić information content (AvgIpc) is 2.69. The summed E-state index contributed by atoms with van der Waals surface area (Å²) in [5.74, 6) is 0.0159. The number of nitrogens with one attached hydrogen (secondary N) is 2. The van der Waals surface area contributed by atoms with Gasteiger partial charge in [0.05, 0.1) is 7.11 Å². The van der Waals surface area contributed by atoms with Gasteiger partial charge in [0.2, 0.25) is 0 Å². The highest BCUT2D eigenvalue weighted by Crippen LogP contribution is 2.19. The predicted molar refractivity (Wildman–Crippen MR) is 75.1 cm³/mol. The van der Waals surface area contributed by atoms with Crippen LogP contribution >= 0.6 is 0 Å². The molecule has 1 atom stereocenters. The molecule has 1 aliphatic heterocycles. The van der Waals surface area contributed by atoms with Gasteiger partial charge >= 0.3 is 0 Å². The number of ether oxygens (including phenoxy) is 1. The van der Waals surface area contributed by atoms with Crippen molar-refractivity contribution in [2.45, 2.75) is 38.3 Å². The molecule has 1 heterocycles. The van der Waals surface area contributed by atoms with Crippen molar-refractivity contribution in [3.05, 3.63) is 29.6 Å². The smallest absolute Gasteiger partial charge is 0.165 e. The third kappa shape index (κ3) is 3.91. The molecule has 2 rings (SSSR count). The van der Waals surface area contributed by atoms with Crippen LogP contribution < -0.4 is 15.4 Å². The first kappa shape index (κ1) is 14.3. The first-order valence-electron chi connectivity index (χ1n) is 6.81. The number of benzene rings is 1. The summed E-state index contributed by atoms with van der Waals surface area (Å²) in [7, 11) is 1.48. The van der Waals surface area contributed by atoms with Crippen LogP contribution in [0.5, 0.6) is 5.75 Å². The van der Waals surface area contributed by atoms with Gasteiger partial charge in [-0.1, -0.05) is 6.07 Å². The summed E-state index contributed by atoms with van der Waals surface area (Å²) in [4.78, 5) is 0. The molecule has 106 valence electrons. The van der Waals surface area contributed by atoms with E-state index in [0.29, 0.717) is 11.8 Å². The van der Waals surface area contributed by atoms with Gasteiger partial charge in [0.25, 0.3) is 0 Å². The number of methoxy groups -OCH3 is 1. The van der Waals surface area contributed by atoms with Crippen molar-refractivity contribution in [3.63, 3.8) is 0 Å². The van der Waals surface area contributed by atoms with Crippen LogP contribution in [0.4, 0.5) is 4.39 Å². The Morgan fingerprint density at radius 2 is 2.26 bits per heavy atom. The number of rotatable bonds is 5. The number of halogens is 1. The van der Waals surface area contributed by atoms with E-state index in [1.54, 1.807) is 12.1 Å². The maximum absolute atomic E-state index is 13.5. The molecule has 0 radical (unpaired) electrons. The minimum Gasteiger partial charge on any atom is -0.494 e. The molecule has 0 amide bonds. The summed E-state index contributed by atoms with van der Waals surface area (Å²) in [6, 6.07) is 5.67. The van der Waals surface area contributed by atoms with Crippen LogP contribution in [0.1, 0.15) is 25.8 Å². The number of hydrogen-bond acceptors (Lipinski definition) is 3.